The number of amides is 2. The molecule has 1 N–H and O–H groups in total. The summed E-state index contributed by atoms with van der Waals surface area (Å²) < 4.78 is 0. The molecule has 1 aliphatic heterocycles. The predicted octanol–water partition coefficient (Wildman–Crippen LogP) is 2.66. The van der Waals surface area contributed by atoms with E-state index in [1.165, 1.54) is 17.8 Å². The summed E-state index contributed by atoms with van der Waals surface area (Å²) in [4.78, 5) is 26.0. The second kappa shape index (κ2) is 7.43. The van der Waals surface area contributed by atoms with E-state index in [1.54, 1.807) is 6.07 Å². The lowest BCUT2D eigenvalue weighted by Crippen LogP contribution is -2.44. The molecule has 1 aromatic rings. The van der Waals surface area contributed by atoms with Crippen molar-refractivity contribution in [3.63, 3.8) is 0 Å². The fourth-order valence-electron chi connectivity index (χ4n) is 2.68. The number of carbonyl (C=O) groups excluding carboxylic acids is 2. The van der Waals surface area contributed by atoms with Gasteiger partial charge in [-0.2, -0.15) is 11.3 Å². The maximum atomic E-state index is 12.2. The fourth-order valence-corrected chi connectivity index (χ4v) is 3.31. The normalized spacial score (nSPS) is 18.9. The van der Waals surface area contributed by atoms with Gasteiger partial charge in [0.05, 0.1) is 0 Å². The molecule has 2 amide bonds. The Morgan fingerprint density at radius 1 is 1.45 bits per heavy atom. The number of carbonyl (C=O) groups is 2. The summed E-state index contributed by atoms with van der Waals surface area (Å²) in [5.41, 5.74) is 0.673. The van der Waals surface area contributed by atoms with Crippen LogP contribution in [0.3, 0.4) is 0 Å². The molecule has 1 saturated heterocycles. The van der Waals surface area contributed by atoms with E-state index >= 15 is 0 Å². The van der Waals surface area contributed by atoms with Crippen LogP contribution in [0, 0.1) is 0 Å². The maximum absolute atomic E-state index is 12.2. The molecular weight excluding hydrogens is 272 g/mol. The van der Waals surface area contributed by atoms with Gasteiger partial charge in [-0.25, -0.2) is 0 Å². The number of nitrogens with zero attached hydrogens (tertiary/aromatic N) is 1. The van der Waals surface area contributed by atoms with Crippen molar-refractivity contribution in [3.05, 3.63) is 22.4 Å². The third kappa shape index (κ3) is 3.82. The summed E-state index contributed by atoms with van der Waals surface area (Å²) in [7, 11) is 0. The van der Waals surface area contributed by atoms with Gasteiger partial charge in [0.15, 0.2) is 0 Å². The lowest BCUT2D eigenvalue weighted by Gasteiger charge is -2.35. The topological polar surface area (TPSA) is 49.4 Å². The molecule has 0 unspecified atom stereocenters. The number of piperidine rings is 1. The second-order valence-electron chi connectivity index (χ2n) is 5.16. The van der Waals surface area contributed by atoms with Crippen molar-refractivity contribution in [2.24, 2.45) is 0 Å². The minimum atomic E-state index is -0.0928. The van der Waals surface area contributed by atoms with E-state index in [1.807, 2.05) is 15.7 Å². The molecule has 2 rings (SSSR count). The molecule has 0 radical (unpaired) electrons. The standard InChI is InChI=1S/C15H22N2O2S/c1-2-13-5-3-4-9-17(13)14(18)6-8-16-15(19)12-7-10-20-11-12/h7,10-11,13H,2-6,8-9H2,1H3,(H,16,19)/t13-/m1/s1. The summed E-state index contributed by atoms with van der Waals surface area (Å²) >= 11 is 1.50. The van der Waals surface area contributed by atoms with Crippen LogP contribution in [0.1, 0.15) is 49.4 Å². The van der Waals surface area contributed by atoms with Crippen molar-refractivity contribution >= 4 is 23.2 Å². The van der Waals surface area contributed by atoms with E-state index in [0.717, 1.165) is 25.8 Å². The number of nitrogens with one attached hydrogen (secondary N) is 1. The van der Waals surface area contributed by atoms with Gasteiger partial charge in [-0.1, -0.05) is 6.92 Å². The molecule has 0 aromatic carbocycles. The summed E-state index contributed by atoms with van der Waals surface area (Å²) in [6.07, 6.45) is 4.85. The van der Waals surface area contributed by atoms with E-state index in [4.69, 9.17) is 0 Å². The SMILES string of the molecule is CC[C@@H]1CCCCN1C(=O)CCNC(=O)c1ccsc1. The summed E-state index contributed by atoms with van der Waals surface area (Å²) in [6, 6.07) is 2.18. The first-order valence-electron chi connectivity index (χ1n) is 7.32. The zero-order chi connectivity index (χ0) is 14.4. The van der Waals surface area contributed by atoms with Crippen LogP contribution in [0.5, 0.6) is 0 Å². The molecule has 1 aromatic heterocycles. The smallest absolute Gasteiger partial charge is 0.252 e. The van der Waals surface area contributed by atoms with Gasteiger partial charge in [-0.15, -0.1) is 0 Å². The monoisotopic (exact) mass is 294 g/mol. The molecule has 1 aliphatic rings. The average Bonchev–Trinajstić information content (AvgIpc) is 3.01. The van der Waals surface area contributed by atoms with Crippen molar-refractivity contribution in [1.29, 1.82) is 0 Å². The largest absolute Gasteiger partial charge is 0.351 e. The molecule has 0 spiro atoms. The molecular formula is C15H22N2O2S. The molecule has 1 atom stereocenters. The number of rotatable bonds is 5. The van der Waals surface area contributed by atoms with Gasteiger partial charge >= 0.3 is 0 Å². The van der Waals surface area contributed by atoms with Crippen LogP contribution < -0.4 is 5.32 Å². The third-order valence-electron chi connectivity index (χ3n) is 3.83. The van der Waals surface area contributed by atoms with Crippen LogP contribution in [0.25, 0.3) is 0 Å². The Morgan fingerprint density at radius 2 is 2.30 bits per heavy atom. The first-order valence-corrected chi connectivity index (χ1v) is 8.26. The van der Waals surface area contributed by atoms with Crippen molar-refractivity contribution in [1.82, 2.24) is 10.2 Å². The highest BCUT2D eigenvalue weighted by Crippen LogP contribution is 2.20. The van der Waals surface area contributed by atoms with Crippen LogP contribution in [0.4, 0.5) is 0 Å². The minimum Gasteiger partial charge on any atom is -0.351 e. The van der Waals surface area contributed by atoms with E-state index in [9.17, 15) is 9.59 Å². The highest BCUT2D eigenvalue weighted by molar-refractivity contribution is 7.08. The summed E-state index contributed by atoms with van der Waals surface area (Å²) in [5.74, 6) is 0.0758. The Balaban J connectivity index is 1.75. The van der Waals surface area contributed by atoms with Crippen LogP contribution in [-0.4, -0.2) is 35.8 Å². The molecule has 5 heteroatoms. The van der Waals surface area contributed by atoms with Gasteiger partial charge in [0, 0.05) is 36.5 Å². The second-order valence-corrected chi connectivity index (χ2v) is 5.94. The Morgan fingerprint density at radius 3 is 3.00 bits per heavy atom. The van der Waals surface area contributed by atoms with Crippen LogP contribution >= 0.6 is 11.3 Å². The molecule has 4 nitrogen and oxygen atoms in total. The molecule has 0 saturated carbocycles. The molecule has 1 fully saturated rings. The van der Waals surface area contributed by atoms with Crippen LogP contribution in [-0.2, 0) is 4.79 Å². The van der Waals surface area contributed by atoms with E-state index < -0.39 is 0 Å². The Kier molecular flexibility index (Phi) is 5.59. The lowest BCUT2D eigenvalue weighted by atomic mass is 9.99. The maximum Gasteiger partial charge on any atom is 0.252 e. The van der Waals surface area contributed by atoms with Crippen molar-refractivity contribution in [2.75, 3.05) is 13.1 Å². The molecule has 0 bridgehead atoms. The predicted molar refractivity (Wildman–Crippen MR) is 80.9 cm³/mol. The minimum absolute atomic E-state index is 0.0928. The zero-order valence-corrected chi connectivity index (χ0v) is 12.7. The Labute approximate surface area is 124 Å². The molecule has 2 heterocycles. The van der Waals surface area contributed by atoms with E-state index in [0.29, 0.717) is 24.6 Å². The number of thiophene rings is 1. The van der Waals surface area contributed by atoms with Crippen LogP contribution in [0.15, 0.2) is 16.8 Å². The van der Waals surface area contributed by atoms with Gasteiger partial charge in [-0.05, 0) is 37.1 Å². The van der Waals surface area contributed by atoms with Crippen molar-refractivity contribution in [3.8, 4) is 0 Å². The highest BCUT2D eigenvalue weighted by Gasteiger charge is 2.24. The summed E-state index contributed by atoms with van der Waals surface area (Å²) in [6.45, 7) is 3.42. The number of hydrogen-bond donors (Lipinski definition) is 1. The van der Waals surface area contributed by atoms with Gasteiger partial charge in [0.1, 0.15) is 0 Å². The van der Waals surface area contributed by atoms with Gasteiger partial charge in [0.2, 0.25) is 5.91 Å². The lowest BCUT2D eigenvalue weighted by molar-refractivity contribution is -0.134. The van der Waals surface area contributed by atoms with Gasteiger partial charge in [0.25, 0.3) is 5.91 Å². The zero-order valence-electron chi connectivity index (χ0n) is 11.9. The van der Waals surface area contributed by atoms with E-state index in [2.05, 4.69) is 12.2 Å². The van der Waals surface area contributed by atoms with Gasteiger partial charge < -0.3 is 10.2 Å². The number of likely N-dealkylation sites (tertiary alicyclic amines) is 1. The first kappa shape index (κ1) is 15.0. The summed E-state index contributed by atoms with van der Waals surface area (Å²) in [5, 5.41) is 6.50. The molecule has 0 aliphatic carbocycles. The van der Waals surface area contributed by atoms with Crippen LogP contribution in [0.2, 0.25) is 0 Å². The number of hydrogen-bond acceptors (Lipinski definition) is 3. The van der Waals surface area contributed by atoms with Crippen molar-refractivity contribution < 1.29 is 9.59 Å². The van der Waals surface area contributed by atoms with E-state index in [-0.39, 0.29) is 11.8 Å². The highest BCUT2D eigenvalue weighted by atomic mass is 32.1. The molecule has 20 heavy (non-hydrogen) atoms. The first-order chi connectivity index (χ1) is 9.72. The third-order valence-corrected chi connectivity index (χ3v) is 4.51. The Bertz CT molecular complexity index is 445. The fraction of sp³-hybridized carbons (Fsp3) is 0.600. The molecule has 110 valence electrons. The quantitative estimate of drug-likeness (QED) is 0.907. The Hall–Kier alpha value is -1.36. The van der Waals surface area contributed by atoms with Crippen molar-refractivity contribution in [2.45, 2.75) is 45.1 Å². The van der Waals surface area contributed by atoms with Gasteiger partial charge in [-0.3, -0.25) is 9.59 Å². The average molecular weight is 294 g/mol.